The first-order valence-electron chi connectivity index (χ1n) is 8.04. The minimum atomic E-state index is 0.0624. The Morgan fingerprint density at radius 2 is 1.74 bits per heavy atom. The van der Waals surface area contributed by atoms with E-state index in [-0.39, 0.29) is 5.78 Å². The van der Waals surface area contributed by atoms with Crippen molar-refractivity contribution in [2.24, 2.45) is 0 Å². The van der Waals surface area contributed by atoms with Crippen molar-refractivity contribution in [2.75, 3.05) is 39.3 Å². The quantitative estimate of drug-likeness (QED) is 0.769. The van der Waals surface area contributed by atoms with Crippen molar-refractivity contribution in [3.63, 3.8) is 0 Å². The highest BCUT2D eigenvalue weighted by molar-refractivity contribution is 5.94. The molecule has 1 aliphatic rings. The molecule has 0 bridgehead atoms. The second-order valence-electron chi connectivity index (χ2n) is 5.79. The van der Waals surface area contributed by atoms with Gasteiger partial charge in [-0.1, -0.05) is 42.5 Å². The summed E-state index contributed by atoms with van der Waals surface area (Å²) in [5.74, 6) is 0.519. The number of benzene rings is 1. The lowest BCUT2D eigenvalue weighted by Gasteiger charge is -2.33. The summed E-state index contributed by atoms with van der Waals surface area (Å²) in [5, 5.41) is 0. The molecule has 0 aliphatic carbocycles. The second kappa shape index (κ2) is 7.90. The van der Waals surface area contributed by atoms with Crippen LogP contribution >= 0.6 is 0 Å². The van der Waals surface area contributed by atoms with Gasteiger partial charge in [-0.25, -0.2) is 0 Å². The summed E-state index contributed by atoms with van der Waals surface area (Å²) < 4.78 is 5.16. The molecule has 1 aliphatic heterocycles. The predicted molar refractivity (Wildman–Crippen MR) is 91.4 cm³/mol. The smallest absolute Gasteiger partial charge is 0.211 e. The first-order chi connectivity index (χ1) is 11.3. The van der Waals surface area contributed by atoms with Gasteiger partial charge in [-0.3, -0.25) is 14.6 Å². The molecule has 0 radical (unpaired) electrons. The molecule has 3 rings (SSSR count). The third-order valence-corrected chi connectivity index (χ3v) is 4.10. The van der Waals surface area contributed by atoms with E-state index in [2.05, 4.69) is 46.2 Å². The SMILES string of the molecule is O=C(CN1CCN(C/C=C/c2ccccc2)CC1)c1ccco1. The Morgan fingerprint density at radius 1 is 1.00 bits per heavy atom. The van der Waals surface area contributed by atoms with Crippen molar-refractivity contribution in [2.45, 2.75) is 0 Å². The number of piperazine rings is 1. The Morgan fingerprint density at radius 3 is 2.43 bits per heavy atom. The molecular weight excluding hydrogens is 288 g/mol. The lowest BCUT2D eigenvalue weighted by atomic mass is 10.2. The zero-order valence-electron chi connectivity index (χ0n) is 13.2. The van der Waals surface area contributed by atoms with E-state index in [4.69, 9.17) is 4.42 Å². The highest BCUT2D eigenvalue weighted by Gasteiger charge is 2.19. The molecule has 2 heterocycles. The standard InChI is InChI=1S/C19H22N2O2/c22-18(19-9-5-15-23-19)16-21-13-11-20(12-14-21)10-4-8-17-6-2-1-3-7-17/h1-9,15H,10-14,16H2/b8-4+. The van der Waals surface area contributed by atoms with Crippen LogP contribution in [0.1, 0.15) is 16.1 Å². The zero-order chi connectivity index (χ0) is 15.9. The fourth-order valence-corrected chi connectivity index (χ4v) is 2.75. The van der Waals surface area contributed by atoms with Crippen molar-refractivity contribution < 1.29 is 9.21 Å². The summed E-state index contributed by atoms with van der Waals surface area (Å²) in [6.45, 7) is 5.22. The van der Waals surface area contributed by atoms with Gasteiger partial charge in [-0.15, -0.1) is 0 Å². The molecule has 1 fully saturated rings. The lowest BCUT2D eigenvalue weighted by Crippen LogP contribution is -2.47. The van der Waals surface area contributed by atoms with E-state index in [1.807, 2.05) is 6.07 Å². The molecule has 23 heavy (non-hydrogen) atoms. The van der Waals surface area contributed by atoms with Crippen LogP contribution in [0.4, 0.5) is 0 Å². The van der Waals surface area contributed by atoms with Crippen molar-refractivity contribution in [3.8, 4) is 0 Å². The Labute approximate surface area is 137 Å². The molecule has 0 saturated carbocycles. The Kier molecular flexibility index (Phi) is 5.40. The molecule has 1 aromatic heterocycles. The number of ketones is 1. The molecule has 1 aromatic carbocycles. The second-order valence-corrected chi connectivity index (χ2v) is 5.79. The van der Waals surface area contributed by atoms with Gasteiger partial charge in [0.1, 0.15) is 0 Å². The van der Waals surface area contributed by atoms with Crippen LogP contribution in [0.2, 0.25) is 0 Å². The van der Waals surface area contributed by atoms with E-state index >= 15 is 0 Å². The van der Waals surface area contributed by atoms with Crippen LogP contribution in [0, 0.1) is 0 Å². The molecule has 0 spiro atoms. The molecule has 2 aromatic rings. The lowest BCUT2D eigenvalue weighted by molar-refractivity contribution is 0.0839. The van der Waals surface area contributed by atoms with Crippen LogP contribution in [0.25, 0.3) is 6.08 Å². The van der Waals surface area contributed by atoms with Crippen LogP contribution in [0.15, 0.2) is 59.2 Å². The van der Waals surface area contributed by atoms with Gasteiger partial charge in [0, 0.05) is 32.7 Å². The van der Waals surface area contributed by atoms with Gasteiger partial charge < -0.3 is 4.42 Å². The summed E-state index contributed by atoms with van der Waals surface area (Å²) in [5.41, 5.74) is 1.23. The van der Waals surface area contributed by atoms with Crippen LogP contribution < -0.4 is 0 Å². The number of nitrogens with zero attached hydrogens (tertiary/aromatic N) is 2. The molecule has 4 nitrogen and oxygen atoms in total. The van der Waals surface area contributed by atoms with E-state index < -0.39 is 0 Å². The van der Waals surface area contributed by atoms with Gasteiger partial charge in [-0.05, 0) is 17.7 Å². The van der Waals surface area contributed by atoms with E-state index in [9.17, 15) is 4.79 Å². The number of hydrogen-bond acceptors (Lipinski definition) is 4. The minimum Gasteiger partial charge on any atom is -0.461 e. The van der Waals surface area contributed by atoms with E-state index in [0.29, 0.717) is 12.3 Å². The van der Waals surface area contributed by atoms with E-state index in [0.717, 1.165) is 32.7 Å². The number of carbonyl (C=O) groups excluding carboxylic acids is 1. The van der Waals surface area contributed by atoms with Crippen LogP contribution in [0.3, 0.4) is 0 Å². The van der Waals surface area contributed by atoms with Gasteiger partial charge in [-0.2, -0.15) is 0 Å². The monoisotopic (exact) mass is 310 g/mol. The molecule has 120 valence electrons. The summed E-state index contributed by atoms with van der Waals surface area (Å²) in [6.07, 6.45) is 5.91. The maximum absolute atomic E-state index is 12.0. The van der Waals surface area contributed by atoms with E-state index in [1.54, 1.807) is 18.4 Å². The largest absolute Gasteiger partial charge is 0.461 e. The summed E-state index contributed by atoms with van der Waals surface area (Å²) >= 11 is 0. The van der Waals surface area contributed by atoms with Crippen molar-refractivity contribution in [3.05, 3.63) is 66.1 Å². The van der Waals surface area contributed by atoms with Crippen molar-refractivity contribution >= 4 is 11.9 Å². The molecular formula is C19H22N2O2. The third-order valence-electron chi connectivity index (χ3n) is 4.10. The first kappa shape index (κ1) is 15.7. The number of furan rings is 1. The summed E-state index contributed by atoms with van der Waals surface area (Å²) in [4.78, 5) is 16.6. The van der Waals surface area contributed by atoms with E-state index in [1.165, 1.54) is 5.56 Å². The molecule has 4 heteroatoms. The first-order valence-corrected chi connectivity index (χ1v) is 8.04. The molecule has 1 saturated heterocycles. The highest BCUT2D eigenvalue weighted by Crippen LogP contribution is 2.07. The maximum atomic E-state index is 12.0. The number of carbonyl (C=O) groups is 1. The van der Waals surface area contributed by atoms with Gasteiger partial charge in [0.25, 0.3) is 0 Å². The molecule has 0 atom stereocenters. The fourth-order valence-electron chi connectivity index (χ4n) is 2.75. The average Bonchev–Trinajstić information content (AvgIpc) is 3.12. The van der Waals surface area contributed by atoms with Gasteiger partial charge in [0.2, 0.25) is 5.78 Å². The van der Waals surface area contributed by atoms with Crippen molar-refractivity contribution in [1.82, 2.24) is 9.80 Å². The third kappa shape index (κ3) is 4.65. The zero-order valence-corrected chi connectivity index (χ0v) is 13.2. The fraction of sp³-hybridized carbons (Fsp3) is 0.316. The Bertz CT molecular complexity index is 627. The molecule has 0 N–H and O–H groups in total. The Hall–Kier alpha value is -2.17. The number of Topliss-reactive ketones (excluding diaryl/α,β-unsaturated/α-hetero) is 1. The van der Waals surface area contributed by atoms with Crippen LogP contribution in [-0.2, 0) is 0 Å². The van der Waals surface area contributed by atoms with Gasteiger partial charge in [0.05, 0.1) is 12.8 Å². The Balaban J connectivity index is 1.40. The minimum absolute atomic E-state index is 0.0624. The highest BCUT2D eigenvalue weighted by atomic mass is 16.3. The predicted octanol–water partition coefficient (Wildman–Crippen LogP) is 2.79. The van der Waals surface area contributed by atoms with Crippen LogP contribution in [0.5, 0.6) is 0 Å². The van der Waals surface area contributed by atoms with Gasteiger partial charge >= 0.3 is 0 Å². The topological polar surface area (TPSA) is 36.7 Å². The summed E-state index contributed by atoms with van der Waals surface area (Å²) in [7, 11) is 0. The van der Waals surface area contributed by atoms with Crippen LogP contribution in [-0.4, -0.2) is 54.9 Å². The average molecular weight is 310 g/mol. The number of hydrogen-bond donors (Lipinski definition) is 0. The summed E-state index contributed by atoms with van der Waals surface area (Å²) in [6, 6.07) is 13.8. The number of rotatable bonds is 6. The normalized spacial score (nSPS) is 16.9. The van der Waals surface area contributed by atoms with Gasteiger partial charge in [0.15, 0.2) is 5.76 Å². The maximum Gasteiger partial charge on any atom is 0.211 e. The van der Waals surface area contributed by atoms with Crippen molar-refractivity contribution in [1.29, 1.82) is 0 Å². The molecule has 0 unspecified atom stereocenters. The molecule has 0 amide bonds.